The molecule has 0 aliphatic heterocycles. The molecule has 0 unspecified atom stereocenters. The molecule has 100 valence electrons. The predicted molar refractivity (Wildman–Crippen MR) is 70.8 cm³/mol. The summed E-state index contributed by atoms with van der Waals surface area (Å²) in [5, 5.41) is 9.71. The van der Waals surface area contributed by atoms with Crippen LogP contribution in [0.5, 0.6) is 5.75 Å². The molecule has 2 N–H and O–H groups in total. The number of aromatic amines is 1. The van der Waals surface area contributed by atoms with Gasteiger partial charge in [-0.05, 0) is 11.6 Å². The lowest BCUT2D eigenvalue weighted by molar-refractivity contribution is -0.136. The standard InChI is InChI=1S/C14H15NO4/c1-3-10(16)13-9(7-12(17)18)8-5-4-6-11(19-2)14(8)15-13/h4-6,15H,3,7H2,1-2H3,(H,17,18). The first-order chi connectivity index (χ1) is 9.08. The number of aliphatic carboxylic acids is 1. The first kappa shape index (κ1) is 13.1. The summed E-state index contributed by atoms with van der Waals surface area (Å²) in [6, 6.07) is 5.34. The number of hydrogen-bond donors (Lipinski definition) is 2. The largest absolute Gasteiger partial charge is 0.495 e. The Hall–Kier alpha value is -2.30. The van der Waals surface area contributed by atoms with Crippen molar-refractivity contribution in [3.05, 3.63) is 29.5 Å². The zero-order valence-corrected chi connectivity index (χ0v) is 10.8. The van der Waals surface area contributed by atoms with Gasteiger partial charge in [-0.1, -0.05) is 19.1 Å². The normalized spacial score (nSPS) is 10.6. The van der Waals surface area contributed by atoms with Crippen LogP contribution in [0.15, 0.2) is 18.2 Å². The Bertz CT molecular complexity index is 642. The smallest absolute Gasteiger partial charge is 0.307 e. The van der Waals surface area contributed by atoms with Gasteiger partial charge in [0.1, 0.15) is 5.75 Å². The number of benzene rings is 1. The summed E-state index contributed by atoms with van der Waals surface area (Å²) in [4.78, 5) is 25.9. The van der Waals surface area contributed by atoms with Gasteiger partial charge in [-0.3, -0.25) is 9.59 Å². The molecule has 0 saturated carbocycles. The van der Waals surface area contributed by atoms with Crippen LogP contribution in [0.4, 0.5) is 0 Å². The summed E-state index contributed by atoms with van der Waals surface area (Å²) in [6.45, 7) is 1.75. The van der Waals surface area contributed by atoms with Gasteiger partial charge in [0, 0.05) is 11.8 Å². The second kappa shape index (κ2) is 5.14. The fourth-order valence-electron chi connectivity index (χ4n) is 2.17. The summed E-state index contributed by atoms with van der Waals surface area (Å²) in [7, 11) is 1.54. The number of para-hydroxylation sites is 1. The number of ether oxygens (including phenoxy) is 1. The Kier molecular flexibility index (Phi) is 3.55. The van der Waals surface area contributed by atoms with Gasteiger partial charge in [-0.15, -0.1) is 0 Å². The monoisotopic (exact) mass is 261 g/mol. The first-order valence-electron chi connectivity index (χ1n) is 6.01. The fraction of sp³-hybridized carbons (Fsp3) is 0.286. The lowest BCUT2D eigenvalue weighted by atomic mass is 10.0. The van der Waals surface area contributed by atoms with Crippen molar-refractivity contribution in [2.75, 3.05) is 7.11 Å². The third-order valence-corrected chi connectivity index (χ3v) is 3.05. The molecule has 5 nitrogen and oxygen atoms in total. The maximum Gasteiger partial charge on any atom is 0.307 e. The lowest BCUT2D eigenvalue weighted by Gasteiger charge is -2.01. The van der Waals surface area contributed by atoms with E-state index in [9.17, 15) is 9.59 Å². The molecule has 2 rings (SSSR count). The second-order valence-corrected chi connectivity index (χ2v) is 4.21. The number of aromatic nitrogens is 1. The topological polar surface area (TPSA) is 79.4 Å². The molecule has 1 aromatic heterocycles. The minimum absolute atomic E-state index is 0.102. The number of H-pyrrole nitrogens is 1. The van der Waals surface area contributed by atoms with Gasteiger partial charge in [0.2, 0.25) is 0 Å². The molecule has 1 heterocycles. The van der Waals surface area contributed by atoms with Gasteiger partial charge in [-0.25, -0.2) is 0 Å². The number of rotatable bonds is 5. The second-order valence-electron chi connectivity index (χ2n) is 4.21. The van der Waals surface area contributed by atoms with Gasteiger partial charge in [0.25, 0.3) is 0 Å². The number of ketones is 1. The molecular weight excluding hydrogens is 246 g/mol. The van der Waals surface area contributed by atoms with Gasteiger partial charge in [-0.2, -0.15) is 0 Å². The van der Waals surface area contributed by atoms with E-state index in [0.29, 0.717) is 28.9 Å². The Morgan fingerprint density at radius 1 is 1.37 bits per heavy atom. The number of nitrogens with one attached hydrogen (secondary N) is 1. The van der Waals surface area contributed by atoms with Crippen molar-refractivity contribution in [3.63, 3.8) is 0 Å². The van der Waals surface area contributed by atoms with E-state index in [2.05, 4.69) is 4.98 Å². The highest BCUT2D eigenvalue weighted by Gasteiger charge is 2.20. The van der Waals surface area contributed by atoms with E-state index in [1.54, 1.807) is 25.1 Å². The molecular formula is C14H15NO4. The number of carbonyl (C=O) groups excluding carboxylic acids is 1. The number of carbonyl (C=O) groups is 2. The number of fused-ring (bicyclic) bond motifs is 1. The van der Waals surface area contributed by atoms with Gasteiger partial charge in [0.15, 0.2) is 5.78 Å². The highest BCUT2D eigenvalue weighted by Crippen LogP contribution is 2.30. The molecule has 0 fully saturated rings. The van der Waals surface area contributed by atoms with Crippen LogP contribution >= 0.6 is 0 Å². The molecule has 0 radical (unpaired) electrons. The average Bonchev–Trinajstić information content (AvgIpc) is 2.76. The number of carboxylic acids is 1. The Morgan fingerprint density at radius 2 is 2.11 bits per heavy atom. The summed E-state index contributed by atoms with van der Waals surface area (Å²) in [5.74, 6) is -0.470. The average molecular weight is 261 g/mol. The van der Waals surface area contributed by atoms with Crippen molar-refractivity contribution in [1.82, 2.24) is 4.98 Å². The Labute approximate surface area is 110 Å². The lowest BCUT2D eigenvalue weighted by Crippen LogP contribution is -2.06. The highest BCUT2D eigenvalue weighted by atomic mass is 16.5. The third kappa shape index (κ3) is 2.31. The minimum Gasteiger partial charge on any atom is -0.495 e. The van der Waals surface area contributed by atoms with E-state index in [1.165, 1.54) is 7.11 Å². The molecule has 0 aliphatic rings. The zero-order valence-electron chi connectivity index (χ0n) is 10.8. The van der Waals surface area contributed by atoms with E-state index >= 15 is 0 Å². The molecule has 0 amide bonds. The van der Waals surface area contributed by atoms with E-state index in [1.807, 2.05) is 0 Å². The molecule has 0 saturated heterocycles. The van der Waals surface area contributed by atoms with Crippen LogP contribution in [0.3, 0.4) is 0 Å². The van der Waals surface area contributed by atoms with E-state index in [-0.39, 0.29) is 12.2 Å². The summed E-state index contributed by atoms with van der Waals surface area (Å²) in [6.07, 6.45) is 0.135. The Morgan fingerprint density at radius 3 is 2.68 bits per heavy atom. The van der Waals surface area contributed by atoms with Crippen LogP contribution in [-0.2, 0) is 11.2 Å². The summed E-state index contributed by atoms with van der Waals surface area (Å²) >= 11 is 0. The number of Topliss-reactive ketones (excluding diaryl/α,β-unsaturated/α-hetero) is 1. The molecule has 0 spiro atoms. The highest BCUT2D eigenvalue weighted by molar-refractivity contribution is 6.04. The van der Waals surface area contributed by atoms with Crippen molar-refractivity contribution in [1.29, 1.82) is 0 Å². The van der Waals surface area contributed by atoms with Crippen LogP contribution in [0, 0.1) is 0 Å². The predicted octanol–water partition coefficient (Wildman–Crippen LogP) is 2.40. The van der Waals surface area contributed by atoms with Crippen molar-refractivity contribution in [2.24, 2.45) is 0 Å². The number of methoxy groups -OCH3 is 1. The Balaban J connectivity index is 2.72. The number of carboxylic acid groups (broad SMARTS) is 1. The molecule has 0 bridgehead atoms. The zero-order chi connectivity index (χ0) is 14.0. The minimum atomic E-state index is -0.964. The van der Waals surface area contributed by atoms with Gasteiger partial charge < -0.3 is 14.8 Å². The first-order valence-corrected chi connectivity index (χ1v) is 6.01. The number of hydrogen-bond acceptors (Lipinski definition) is 3. The van der Waals surface area contributed by atoms with Crippen LogP contribution in [0.1, 0.15) is 29.4 Å². The van der Waals surface area contributed by atoms with Gasteiger partial charge in [0.05, 0.1) is 24.7 Å². The van der Waals surface area contributed by atoms with Crippen LogP contribution in [-0.4, -0.2) is 29.0 Å². The van der Waals surface area contributed by atoms with Crippen molar-refractivity contribution >= 4 is 22.7 Å². The van der Waals surface area contributed by atoms with Crippen LogP contribution < -0.4 is 4.74 Å². The van der Waals surface area contributed by atoms with E-state index < -0.39 is 5.97 Å². The molecule has 1 aromatic carbocycles. The maximum atomic E-state index is 11.9. The van der Waals surface area contributed by atoms with Crippen molar-refractivity contribution in [3.8, 4) is 5.75 Å². The maximum absolute atomic E-state index is 11.9. The molecule has 0 aliphatic carbocycles. The molecule has 19 heavy (non-hydrogen) atoms. The quantitative estimate of drug-likeness (QED) is 0.810. The van der Waals surface area contributed by atoms with Crippen molar-refractivity contribution < 1.29 is 19.4 Å². The van der Waals surface area contributed by atoms with E-state index in [4.69, 9.17) is 9.84 Å². The molecule has 2 aromatic rings. The third-order valence-electron chi connectivity index (χ3n) is 3.05. The van der Waals surface area contributed by atoms with E-state index in [0.717, 1.165) is 5.39 Å². The molecule has 0 atom stereocenters. The molecule has 5 heteroatoms. The summed E-state index contributed by atoms with van der Waals surface area (Å²) in [5.41, 5.74) is 1.55. The van der Waals surface area contributed by atoms with Crippen molar-refractivity contribution in [2.45, 2.75) is 19.8 Å². The van der Waals surface area contributed by atoms with Gasteiger partial charge >= 0.3 is 5.97 Å². The summed E-state index contributed by atoms with van der Waals surface area (Å²) < 4.78 is 5.22. The fourth-order valence-corrected chi connectivity index (χ4v) is 2.17. The van der Waals surface area contributed by atoms with Crippen LogP contribution in [0.2, 0.25) is 0 Å². The SMILES string of the molecule is CCC(=O)c1[nH]c2c(OC)cccc2c1CC(=O)O. The van der Waals surface area contributed by atoms with Crippen LogP contribution in [0.25, 0.3) is 10.9 Å².